The third-order valence-electron chi connectivity index (χ3n) is 4.11. The standard InChI is InChI=1S/C16H24N2O/c1-12-6-5-9-15(12)18-16(19)14(17)11-10-13-7-3-2-4-8-13/h2-4,7-8,12,14-15H,5-6,9-11,17H2,1H3,(H,18,19). The van der Waals surface area contributed by atoms with Gasteiger partial charge < -0.3 is 11.1 Å². The molecule has 3 N–H and O–H groups in total. The smallest absolute Gasteiger partial charge is 0.237 e. The summed E-state index contributed by atoms with van der Waals surface area (Å²) in [5.41, 5.74) is 7.21. The van der Waals surface area contributed by atoms with Gasteiger partial charge in [0.25, 0.3) is 0 Å². The molecule has 1 amide bonds. The van der Waals surface area contributed by atoms with Crippen molar-refractivity contribution in [1.29, 1.82) is 0 Å². The first-order valence-electron chi connectivity index (χ1n) is 7.26. The fourth-order valence-electron chi connectivity index (χ4n) is 2.75. The van der Waals surface area contributed by atoms with Gasteiger partial charge in [-0.2, -0.15) is 0 Å². The van der Waals surface area contributed by atoms with Gasteiger partial charge in [-0.25, -0.2) is 0 Å². The van der Waals surface area contributed by atoms with E-state index in [0.717, 1.165) is 12.8 Å². The first kappa shape index (κ1) is 14.1. The molecule has 1 aliphatic rings. The van der Waals surface area contributed by atoms with Crippen LogP contribution in [0.3, 0.4) is 0 Å². The molecule has 1 fully saturated rings. The molecule has 0 aromatic heterocycles. The van der Waals surface area contributed by atoms with E-state index in [9.17, 15) is 4.79 Å². The summed E-state index contributed by atoms with van der Waals surface area (Å²) in [6.45, 7) is 2.20. The SMILES string of the molecule is CC1CCCC1NC(=O)C(N)CCc1ccccc1. The summed E-state index contributed by atoms with van der Waals surface area (Å²) in [6, 6.07) is 10.1. The van der Waals surface area contributed by atoms with Gasteiger partial charge in [-0.05, 0) is 37.2 Å². The van der Waals surface area contributed by atoms with E-state index in [1.807, 2.05) is 18.2 Å². The van der Waals surface area contributed by atoms with E-state index in [1.165, 1.54) is 18.4 Å². The van der Waals surface area contributed by atoms with Gasteiger partial charge in [0.15, 0.2) is 0 Å². The number of aryl methyl sites for hydroxylation is 1. The Bertz CT molecular complexity index is 404. The molecule has 3 atom stereocenters. The Morgan fingerprint density at radius 1 is 1.37 bits per heavy atom. The largest absolute Gasteiger partial charge is 0.352 e. The van der Waals surface area contributed by atoms with E-state index < -0.39 is 6.04 Å². The van der Waals surface area contributed by atoms with E-state index in [0.29, 0.717) is 18.4 Å². The molecule has 0 heterocycles. The van der Waals surface area contributed by atoms with Crippen LogP contribution in [-0.4, -0.2) is 18.0 Å². The molecule has 1 saturated carbocycles. The highest BCUT2D eigenvalue weighted by molar-refractivity contribution is 5.81. The Hall–Kier alpha value is -1.35. The first-order valence-corrected chi connectivity index (χ1v) is 7.26. The van der Waals surface area contributed by atoms with E-state index in [2.05, 4.69) is 24.4 Å². The van der Waals surface area contributed by atoms with Gasteiger partial charge in [0, 0.05) is 6.04 Å². The second kappa shape index (κ2) is 6.71. The molecule has 104 valence electrons. The van der Waals surface area contributed by atoms with Crippen LogP contribution in [0.25, 0.3) is 0 Å². The molecular weight excluding hydrogens is 236 g/mol. The Morgan fingerprint density at radius 3 is 2.74 bits per heavy atom. The van der Waals surface area contributed by atoms with Crippen molar-refractivity contribution in [3.05, 3.63) is 35.9 Å². The van der Waals surface area contributed by atoms with Crippen LogP contribution in [0.2, 0.25) is 0 Å². The van der Waals surface area contributed by atoms with Gasteiger partial charge in [0.2, 0.25) is 5.91 Å². The van der Waals surface area contributed by atoms with Crippen molar-refractivity contribution in [2.45, 2.75) is 51.1 Å². The number of hydrogen-bond donors (Lipinski definition) is 2. The average molecular weight is 260 g/mol. The van der Waals surface area contributed by atoms with E-state index >= 15 is 0 Å². The summed E-state index contributed by atoms with van der Waals surface area (Å²) in [7, 11) is 0. The number of carbonyl (C=O) groups excluding carboxylic acids is 1. The molecule has 0 saturated heterocycles. The highest BCUT2D eigenvalue weighted by atomic mass is 16.2. The zero-order valence-corrected chi connectivity index (χ0v) is 11.6. The Kier molecular flexibility index (Phi) is 4.97. The number of nitrogens with two attached hydrogens (primary N) is 1. The van der Waals surface area contributed by atoms with Gasteiger partial charge >= 0.3 is 0 Å². The van der Waals surface area contributed by atoms with Crippen LogP contribution in [0.4, 0.5) is 0 Å². The summed E-state index contributed by atoms with van der Waals surface area (Å²) in [4.78, 5) is 12.0. The van der Waals surface area contributed by atoms with Gasteiger partial charge in [-0.15, -0.1) is 0 Å². The van der Waals surface area contributed by atoms with Crippen LogP contribution in [0.5, 0.6) is 0 Å². The highest BCUT2D eigenvalue weighted by Crippen LogP contribution is 2.24. The van der Waals surface area contributed by atoms with E-state index in [-0.39, 0.29) is 5.91 Å². The minimum Gasteiger partial charge on any atom is -0.352 e. The number of amides is 1. The van der Waals surface area contributed by atoms with Crippen molar-refractivity contribution in [2.75, 3.05) is 0 Å². The molecule has 1 aromatic carbocycles. The molecule has 1 aromatic rings. The molecule has 0 spiro atoms. The third-order valence-corrected chi connectivity index (χ3v) is 4.11. The maximum absolute atomic E-state index is 12.0. The zero-order chi connectivity index (χ0) is 13.7. The van der Waals surface area contributed by atoms with Crippen LogP contribution < -0.4 is 11.1 Å². The van der Waals surface area contributed by atoms with Gasteiger partial charge in [-0.3, -0.25) is 4.79 Å². The summed E-state index contributed by atoms with van der Waals surface area (Å²) >= 11 is 0. The summed E-state index contributed by atoms with van der Waals surface area (Å²) in [6.07, 6.45) is 5.08. The minimum absolute atomic E-state index is 0.00896. The lowest BCUT2D eigenvalue weighted by Crippen LogP contribution is -2.46. The lowest BCUT2D eigenvalue weighted by molar-refractivity contribution is -0.123. The molecule has 3 nitrogen and oxygen atoms in total. The maximum atomic E-state index is 12.0. The van der Waals surface area contributed by atoms with Gasteiger partial charge in [0.05, 0.1) is 6.04 Å². The normalized spacial score (nSPS) is 24.1. The fraction of sp³-hybridized carbons (Fsp3) is 0.562. The first-order chi connectivity index (χ1) is 9.16. The second-order valence-corrected chi connectivity index (χ2v) is 5.65. The quantitative estimate of drug-likeness (QED) is 0.853. The molecule has 2 rings (SSSR count). The van der Waals surface area contributed by atoms with Gasteiger partial charge in [-0.1, -0.05) is 43.7 Å². The van der Waals surface area contributed by atoms with Crippen molar-refractivity contribution < 1.29 is 4.79 Å². The highest BCUT2D eigenvalue weighted by Gasteiger charge is 2.26. The van der Waals surface area contributed by atoms with Crippen molar-refractivity contribution >= 4 is 5.91 Å². The fourth-order valence-corrected chi connectivity index (χ4v) is 2.75. The second-order valence-electron chi connectivity index (χ2n) is 5.65. The van der Waals surface area contributed by atoms with Crippen LogP contribution in [0.15, 0.2) is 30.3 Å². The summed E-state index contributed by atoms with van der Waals surface area (Å²) < 4.78 is 0. The van der Waals surface area contributed by atoms with Crippen molar-refractivity contribution in [3.8, 4) is 0 Å². The minimum atomic E-state index is -0.395. The average Bonchev–Trinajstić information content (AvgIpc) is 2.82. The number of carbonyl (C=O) groups is 1. The maximum Gasteiger partial charge on any atom is 0.237 e. The van der Waals surface area contributed by atoms with E-state index in [1.54, 1.807) is 0 Å². The van der Waals surface area contributed by atoms with Crippen LogP contribution >= 0.6 is 0 Å². The number of hydrogen-bond acceptors (Lipinski definition) is 2. The predicted molar refractivity (Wildman–Crippen MR) is 77.7 cm³/mol. The van der Waals surface area contributed by atoms with Crippen molar-refractivity contribution in [1.82, 2.24) is 5.32 Å². The lowest BCUT2D eigenvalue weighted by atomic mass is 10.0. The zero-order valence-electron chi connectivity index (χ0n) is 11.6. The summed E-state index contributed by atoms with van der Waals surface area (Å²) in [5.74, 6) is 0.597. The van der Waals surface area contributed by atoms with E-state index in [4.69, 9.17) is 5.73 Å². The monoisotopic (exact) mass is 260 g/mol. The molecular formula is C16H24N2O. The molecule has 3 heteroatoms. The molecule has 19 heavy (non-hydrogen) atoms. The number of benzene rings is 1. The third kappa shape index (κ3) is 4.06. The molecule has 0 bridgehead atoms. The Balaban J connectivity index is 1.76. The topological polar surface area (TPSA) is 55.1 Å². The number of rotatable bonds is 5. The van der Waals surface area contributed by atoms with Crippen LogP contribution in [-0.2, 0) is 11.2 Å². The molecule has 1 aliphatic carbocycles. The Labute approximate surface area is 115 Å². The van der Waals surface area contributed by atoms with Crippen LogP contribution in [0.1, 0.15) is 38.2 Å². The molecule has 3 unspecified atom stereocenters. The number of nitrogens with one attached hydrogen (secondary N) is 1. The molecule has 0 radical (unpaired) electrons. The van der Waals surface area contributed by atoms with Crippen LogP contribution in [0, 0.1) is 5.92 Å². The van der Waals surface area contributed by atoms with Crippen molar-refractivity contribution in [3.63, 3.8) is 0 Å². The van der Waals surface area contributed by atoms with Crippen molar-refractivity contribution in [2.24, 2.45) is 11.7 Å². The summed E-state index contributed by atoms with van der Waals surface area (Å²) in [5, 5.41) is 3.10. The Morgan fingerprint density at radius 2 is 2.11 bits per heavy atom. The van der Waals surface area contributed by atoms with Gasteiger partial charge in [0.1, 0.15) is 0 Å². The predicted octanol–water partition coefficient (Wildman–Crippen LogP) is 2.25. The lowest BCUT2D eigenvalue weighted by Gasteiger charge is -2.20. The molecule has 0 aliphatic heterocycles.